The van der Waals surface area contributed by atoms with Gasteiger partial charge in [0, 0.05) is 0 Å². The summed E-state index contributed by atoms with van der Waals surface area (Å²) in [6, 6.07) is 0. The molecule has 90 valence electrons. The molecule has 2 unspecified atom stereocenters. The zero-order chi connectivity index (χ0) is 11.7. The number of hydrogen-bond donors (Lipinski definition) is 1. The monoisotopic (exact) mass is 236 g/mol. The van der Waals surface area contributed by atoms with Crippen LogP contribution in [0.3, 0.4) is 0 Å². The lowest BCUT2D eigenvalue weighted by Crippen LogP contribution is -2.44. The van der Waals surface area contributed by atoms with Gasteiger partial charge in [-0.3, -0.25) is 9.05 Å². The molecule has 1 N–H and O–H groups in total. The molecule has 0 saturated carbocycles. The highest BCUT2D eigenvalue weighted by Crippen LogP contribution is 2.62. The number of phosphoric acid groups is 1. The van der Waals surface area contributed by atoms with Gasteiger partial charge in [0.15, 0.2) is 0 Å². The molecule has 1 aliphatic rings. The number of phosphoric ester groups is 1. The summed E-state index contributed by atoms with van der Waals surface area (Å²) in [6.07, 6.45) is 3.96. The van der Waals surface area contributed by atoms with E-state index < -0.39 is 19.0 Å². The van der Waals surface area contributed by atoms with Gasteiger partial charge in [-0.25, -0.2) is 4.57 Å². The van der Waals surface area contributed by atoms with Crippen molar-refractivity contribution >= 4 is 7.82 Å². The summed E-state index contributed by atoms with van der Waals surface area (Å²) in [6.45, 7) is 7.57. The van der Waals surface area contributed by atoms with Crippen molar-refractivity contribution in [3.8, 4) is 0 Å². The second-order valence-electron chi connectivity index (χ2n) is 4.85. The van der Waals surface area contributed by atoms with Crippen LogP contribution in [0.4, 0.5) is 0 Å². The number of unbranched alkanes of at least 4 members (excludes halogenated alkanes) is 2. The fourth-order valence-electron chi connectivity index (χ4n) is 1.83. The smallest absolute Gasteiger partial charge is 0.302 e. The Hall–Kier alpha value is 0.110. The average molecular weight is 236 g/mol. The highest BCUT2D eigenvalue weighted by atomic mass is 31.2. The van der Waals surface area contributed by atoms with Gasteiger partial charge in [0.2, 0.25) is 0 Å². The fraction of sp³-hybridized carbons (Fsp3) is 1.00. The van der Waals surface area contributed by atoms with Crippen molar-refractivity contribution in [2.45, 2.75) is 64.6 Å². The average Bonchev–Trinajstić information content (AvgIpc) is 2.16. The van der Waals surface area contributed by atoms with Crippen LogP contribution >= 0.6 is 7.82 Å². The van der Waals surface area contributed by atoms with Crippen LogP contribution in [-0.4, -0.2) is 16.1 Å². The second kappa shape index (κ2) is 4.17. The first-order valence-corrected chi connectivity index (χ1v) is 6.96. The summed E-state index contributed by atoms with van der Waals surface area (Å²) < 4.78 is 21.6. The molecule has 15 heavy (non-hydrogen) atoms. The summed E-state index contributed by atoms with van der Waals surface area (Å²) in [4.78, 5) is 9.33. The molecule has 0 bridgehead atoms. The van der Waals surface area contributed by atoms with Gasteiger partial charge in [-0.05, 0) is 27.2 Å². The minimum absolute atomic E-state index is 0.660. The largest absolute Gasteiger partial charge is 0.473 e. The molecule has 1 aliphatic heterocycles. The molecule has 0 spiro atoms. The molecular weight excluding hydrogens is 215 g/mol. The molecule has 5 heteroatoms. The van der Waals surface area contributed by atoms with Crippen LogP contribution in [0.2, 0.25) is 0 Å². The van der Waals surface area contributed by atoms with Crippen LogP contribution in [0.1, 0.15) is 53.4 Å². The van der Waals surface area contributed by atoms with Crippen LogP contribution in [0.25, 0.3) is 0 Å². The van der Waals surface area contributed by atoms with E-state index in [0.29, 0.717) is 0 Å². The Kier molecular flexibility index (Phi) is 3.66. The lowest BCUT2D eigenvalue weighted by molar-refractivity contribution is -0.0172. The van der Waals surface area contributed by atoms with E-state index in [2.05, 4.69) is 6.92 Å². The maximum atomic E-state index is 11.4. The molecule has 4 nitrogen and oxygen atoms in total. The van der Waals surface area contributed by atoms with E-state index in [1.54, 1.807) is 13.8 Å². The van der Waals surface area contributed by atoms with Crippen molar-refractivity contribution < 1.29 is 18.5 Å². The van der Waals surface area contributed by atoms with Gasteiger partial charge in [-0.1, -0.05) is 26.2 Å². The summed E-state index contributed by atoms with van der Waals surface area (Å²) in [5.74, 6) is 0. The lowest BCUT2D eigenvalue weighted by atomic mass is 9.83. The minimum Gasteiger partial charge on any atom is -0.302 e. The van der Waals surface area contributed by atoms with Crippen LogP contribution in [-0.2, 0) is 13.6 Å². The number of hydrogen-bond acceptors (Lipinski definition) is 3. The zero-order valence-electron chi connectivity index (χ0n) is 9.95. The van der Waals surface area contributed by atoms with Gasteiger partial charge in [0.25, 0.3) is 0 Å². The summed E-state index contributed by atoms with van der Waals surface area (Å²) in [7, 11) is -3.83. The van der Waals surface area contributed by atoms with E-state index in [1.165, 1.54) is 0 Å². The molecule has 0 amide bonds. The van der Waals surface area contributed by atoms with Gasteiger partial charge in [-0.15, -0.1) is 0 Å². The van der Waals surface area contributed by atoms with E-state index in [4.69, 9.17) is 9.05 Å². The summed E-state index contributed by atoms with van der Waals surface area (Å²) in [5.41, 5.74) is -1.36. The maximum absolute atomic E-state index is 11.4. The van der Waals surface area contributed by atoms with Crippen LogP contribution in [0, 0.1) is 0 Å². The van der Waals surface area contributed by atoms with Crippen LogP contribution in [0.15, 0.2) is 0 Å². The van der Waals surface area contributed by atoms with Crippen LogP contribution in [0.5, 0.6) is 0 Å². The standard InChI is InChI=1S/C10H21O4P/c1-5-6-7-8-10(4)9(2,3)13-15(11,12)14-10/h5-8H2,1-4H3,(H,11,12). The Labute approximate surface area is 91.6 Å². The molecule has 0 aromatic rings. The van der Waals surface area contributed by atoms with Gasteiger partial charge >= 0.3 is 7.82 Å². The van der Waals surface area contributed by atoms with Gasteiger partial charge in [0.05, 0.1) is 0 Å². The van der Waals surface area contributed by atoms with Crippen molar-refractivity contribution in [3.05, 3.63) is 0 Å². The molecule has 0 radical (unpaired) electrons. The quantitative estimate of drug-likeness (QED) is 0.601. The van der Waals surface area contributed by atoms with Crippen LogP contribution < -0.4 is 0 Å². The van der Waals surface area contributed by atoms with Crippen molar-refractivity contribution in [2.75, 3.05) is 0 Å². The first kappa shape index (κ1) is 13.2. The molecule has 1 fully saturated rings. The first-order valence-electron chi connectivity index (χ1n) is 5.47. The molecule has 0 aromatic heterocycles. The lowest BCUT2D eigenvalue weighted by Gasteiger charge is -2.33. The Bertz CT molecular complexity index is 277. The van der Waals surface area contributed by atoms with E-state index in [1.807, 2.05) is 6.92 Å². The van der Waals surface area contributed by atoms with E-state index in [9.17, 15) is 9.46 Å². The molecule has 1 rings (SSSR count). The summed E-state index contributed by atoms with van der Waals surface area (Å²) >= 11 is 0. The zero-order valence-corrected chi connectivity index (χ0v) is 10.8. The van der Waals surface area contributed by atoms with Gasteiger partial charge in [0.1, 0.15) is 11.2 Å². The van der Waals surface area contributed by atoms with Crippen molar-refractivity contribution in [2.24, 2.45) is 0 Å². The molecule has 0 aliphatic carbocycles. The van der Waals surface area contributed by atoms with Gasteiger partial charge < -0.3 is 4.89 Å². The van der Waals surface area contributed by atoms with E-state index >= 15 is 0 Å². The third kappa shape index (κ3) is 2.82. The Morgan fingerprint density at radius 3 is 2.20 bits per heavy atom. The highest BCUT2D eigenvalue weighted by molar-refractivity contribution is 7.47. The second-order valence-corrected chi connectivity index (χ2v) is 6.15. The molecule has 1 saturated heterocycles. The Balaban J connectivity index is 2.70. The predicted octanol–water partition coefficient (Wildman–Crippen LogP) is 3.25. The predicted molar refractivity (Wildman–Crippen MR) is 58.6 cm³/mol. The fourth-order valence-corrected chi connectivity index (χ4v) is 3.45. The molecular formula is C10H21O4P. The Morgan fingerprint density at radius 2 is 1.80 bits per heavy atom. The van der Waals surface area contributed by atoms with E-state index in [0.717, 1.165) is 25.7 Å². The summed E-state index contributed by atoms with van der Waals surface area (Å²) in [5, 5.41) is 0. The van der Waals surface area contributed by atoms with Crippen molar-refractivity contribution in [3.63, 3.8) is 0 Å². The number of rotatable bonds is 4. The van der Waals surface area contributed by atoms with Crippen molar-refractivity contribution in [1.82, 2.24) is 0 Å². The highest BCUT2D eigenvalue weighted by Gasteiger charge is 2.57. The van der Waals surface area contributed by atoms with Gasteiger partial charge in [-0.2, -0.15) is 0 Å². The molecule has 2 atom stereocenters. The maximum Gasteiger partial charge on any atom is 0.473 e. The molecule has 0 aromatic carbocycles. The van der Waals surface area contributed by atoms with Crippen molar-refractivity contribution in [1.29, 1.82) is 0 Å². The third-order valence-electron chi connectivity index (χ3n) is 3.19. The molecule has 1 heterocycles. The topological polar surface area (TPSA) is 55.8 Å². The Morgan fingerprint density at radius 1 is 1.20 bits per heavy atom. The first-order chi connectivity index (χ1) is 6.72. The normalized spacial score (nSPS) is 39.5. The minimum atomic E-state index is -3.83. The SMILES string of the molecule is CCCCCC1(C)OP(=O)(O)OC1(C)C. The third-order valence-corrected chi connectivity index (χ3v) is 4.51. The van der Waals surface area contributed by atoms with E-state index in [-0.39, 0.29) is 0 Å².